The van der Waals surface area contributed by atoms with Crippen LogP contribution in [0.3, 0.4) is 0 Å². The molecule has 0 atom stereocenters. The van der Waals surface area contributed by atoms with Gasteiger partial charge in [-0.2, -0.15) is 0 Å². The Bertz CT molecular complexity index is 1680. The Hall–Kier alpha value is -4.75. The Morgan fingerprint density at radius 2 is 0.269 bits per heavy atom. The van der Waals surface area contributed by atoms with Crippen LogP contribution >= 0.6 is 0 Å². The highest BCUT2D eigenvalue weighted by molar-refractivity contribution is 7.20. The van der Waals surface area contributed by atoms with Crippen LogP contribution in [0.1, 0.15) is 0 Å². The molecule has 0 radical (unpaired) electrons. The second-order valence-corrected chi connectivity index (χ2v) is 9.30. The molecule has 0 aliphatic rings. The molecular weight excluding hydrogens is 794 g/mol. The monoisotopic (exact) mass is 802 g/mol. The summed E-state index contributed by atoms with van der Waals surface area (Å²) in [6.45, 7) is 0. The minimum Gasteiger partial charge on any atom is -0.418 e. The molecule has 4 rings (SSSR count). The molecule has 0 saturated heterocycles. The summed E-state index contributed by atoms with van der Waals surface area (Å²) in [5, 5.41) is 0. The normalized spacial score (nSPS) is 11.5. The summed E-state index contributed by atoms with van der Waals surface area (Å²) in [5.74, 6) is -71.4. The Morgan fingerprint density at radius 1 is 0.192 bits per heavy atom. The molecule has 0 aliphatic heterocycles. The maximum atomic E-state index is 15.4. The van der Waals surface area contributed by atoms with E-state index in [0.29, 0.717) is 0 Å². The third-order valence-electron chi connectivity index (χ3n) is 6.71. The summed E-state index contributed by atoms with van der Waals surface area (Å²) in [6.07, 6.45) is -7.22. The smallest absolute Gasteiger partial charge is 0.418 e. The highest BCUT2D eigenvalue weighted by atomic mass is 19.5. The summed E-state index contributed by atoms with van der Waals surface area (Å²) in [7, 11) is -6.00. The van der Waals surface area contributed by atoms with Crippen LogP contribution in [0.4, 0.5) is 105 Å². The van der Waals surface area contributed by atoms with Crippen LogP contribution in [-0.2, 0) is 0 Å². The molecule has 0 spiro atoms. The first-order valence-electron chi connectivity index (χ1n) is 11.8. The standard InChI is InChI=1S/C24BF20.BF4.2H3N/c26-5-1(6(27)14(35)21(42)13(5)34)25(2-7(28)15(36)22(43)16(37)8(2)29,3-9(30)17(38)23(44)18(39)10(3)31)4-11(32)19(40)24(45)20(41)12(4)33;2-1(3,4)5;;/h;;2*1H3/q2*-1;;/p+2. The van der Waals surface area contributed by atoms with E-state index in [0.717, 1.165) is 0 Å². The number of benzene rings is 4. The van der Waals surface area contributed by atoms with E-state index in [9.17, 15) is 69.9 Å². The van der Waals surface area contributed by atoms with Gasteiger partial charge in [-0.05, 0) is 0 Å². The van der Waals surface area contributed by atoms with Crippen LogP contribution < -0.4 is 34.2 Å². The van der Waals surface area contributed by atoms with Crippen molar-refractivity contribution in [3.8, 4) is 0 Å². The second-order valence-electron chi connectivity index (χ2n) is 9.30. The molecule has 4 aromatic carbocycles. The molecule has 4 aromatic rings. The number of halogens is 24. The van der Waals surface area contributed by atoms with Gasteiger partial charge in [-0.15, -0.1) is 21.9 Å². The minimum atomic E-state index is -7.22. The molecule has 0 heterocycles. The minimum absolute atomic E-state index is 0. The average molecular weight is 802 g/mol. The van der Waals surface area contributed by atoms with E-state index in [-0.39, 0.29) is 12.3 Å². The van der Waals surface area contributed by atoms with E-state index in [2.05, 4.69) is 0 Å². The van der Waals surface area contributed by atoms with Crippen molar-refractivity contribution in [2.75, 3.05) is 0 Å². The molecule has 0 aliphatic carbocycles. The summed E-state index contributed by atoms with van der Waals surface area (Å²) in [4.78, 5) is 0. The zero-order valence-corrected chi connectivity index (χ0v) is 24.2. The van der Waals surface area contributed by atoms with Gasteiger partial charge in [0, 0.05) is 0 Å². The molecule has 0 amide bonds. The number of quaternary nitrogens is 2. The fraction of sp³-hybridized carbons (Fsp3) is 0. The van der Waals surface area contributed by atoms with E-state index in [1.54, 1.807) is 0 Å². The van der Waals surface area contributed by atoms with Gasteiger partial charge in [0.1, 0.15) is 52.7 Å². The molecule has 0 saturated carbocycles. The van der Waals surface area contributed by atoms with Gasteiger partial charge in [0.25, 0.3) is 0 Å². The van der Waals surface area contributed by atoms with Crippen molar-refractivity contribution >= 4 is 35.3 Å². The van der Waals surface area contributed by atoms with Gasteiger partial charge in [0.2, 0.25) is 0 Å². The maximum absolute atomic E-state index is 15.4. The lowest BCUT2D eigenvalue weighted by molar-refractivity contribution is 0.368. The van der Waals surface area contributed by atoms with Crippen LogP contribution in [0.2, 0.25) is 0 Å². The lowest BCUT2D eigenvalue weighted by Crippen LogP contribution is -2.81. The summed E-state index contributed by atoms with van der Waals surface area (Å²) >= 11 is 0. The molecule has 0 fully saturated rings. The fourth-order valence-corrected chi connectivity index (χ4v) is 4.87. The van der Waals surface area contributed by atoms with Crippen molar-refractivity contribution in [2.24, 2.45) is 0 Å². The molecule has 288 valence electrons. The van der Waals surface area contributed by atoms with Gasteiger partial charge in [-0.25, -0.2) is 87.8 Å². The topological polar surface area (TPSA) is 73.0 Å². The third kappa shape index (κ3) is 6.67. The average Bonchev–Trinajstić information content (AvgIpc) is 3.03. The maximum Gasteiger partial charge on any atom is 0.673 e. The molecule has 0 unspecified atom stereocenters. The van der Waals surface area contributed by atoms with Gasteiger partial charge in [-0.1, -0.05) is 0 Å². The highest BCUT2D eigenvalue weighted by Crippen LogP contribution is 2.30. The molecule has 0 bridgehead atoms. The van der Waals surface area contributed by atoms with E-state index in [1.165, 1.54) is 0 Å². The first-order valence-corrected chi connectivity index (χ1v) is 11.8. The lowest BCUT2D eigenvalue weighted by Gasteiger charge is -2.44. The van der Waals surface area contributed by atoms with Gasteiger partial charge in [-0.3, -0.25) is 0 Å². The lowest BCUT2D eigenvalue weighted by atomic mass is 9.12. The van der Waals surface area contributed by atoms with Crippen molar-refractivity contribution in [1.29, 1.82) is 0 Å². The molecular formula is C24H8B2F24N2. The van der Waals surface area contributed by atoms with Crippen LogP contribution in [-0.4, -0.2) is 13.4 Å². The van der Waals surface area contributed by atoms with Crippen molar-refractivity contribution in [3.05, 3.63) is 116 Å². The number of hydrogen-bond acceptors (Lipinski definition) is 0. The van der Waals surface area contributed by atoms with Crippen molar-refractivity contribution < 1.29 is 105 Å². The largest absolute Gasteiger partial charge is 0.673 e. The van der Waals surface area contributed by atoms with Crippen LogP contribution in [0, 0.1) is 116 Å². The summed E-state index contributed by atoms with van der Waals surface area (Å²) in [5.41, 5.74) is -14.3. The Balaban J connectivity index is 0.00000180. The van der Waals surface area contributed by atoms with E-state index >= 15 is 35.1 Å². The SMILES string of the molecule is F[B-](F)(F)F.Fc1c(F)c(F)c([B-](c2c(F)c(F)c(F)c(F)c2F)(c2c(F)c(F)c(F)c(F)c2F)c2c(F)c(F)c(F)c(F)c2F)c(F)c1F.[NH4+].[NH4+]. The number of rotatable bonds is 4. The summed E-state index contributed by atoms with van der Waals surface area (Å²) < 4.78 is 333. The van der Waals surface area contributed by atoms with Gasteiger partial charge < -0.3 is 29.6 Å². The van der Waals surface area contributed by atoms with Crippen molar-refractivity contribution in [1.82, 2.24) is 12.3 Å². The van der Waals surface area contributed by atoms with Crippen molar-refractivity contribution in [2.45, 2.75) is 0 Å². The zero-order valence-electron chi connectivity index (χ0n) is 24.2. The van der Waals surface area contributed by atoms with E-state index in [4.69, 9.17) is 0 Å². The van der Waals surface area contributed by atoms with Gasteiger partial charge >= 0.3 is 7.25 Å². The second kappa shape index (κ2) is 15.1. The Kier molecular flexibility index (Phi) is 13.1. The first kappa shape index (κ1) is 45.3. The van der Waals surface area contributed by atoms with Crippen LogP contribution in [0.25, 0.3) is 0 Å². The van der Waals surface area contributed by atoms with Crippen LogP contribution in [0.15, 0.2) is 0 Å². The predicted molar refractivity (Wildman–Crippen MR) is 131 cm³/mol. The van der Waals surface area contributed by atoms with E-state index in [1.807, 2.05) is 0 Å². The molecule has 28 heteroatoms. The Labute approximate surface area is 269 Å². The quantitative estimate of drug-likeness (QED) is 0.0913. The zero-order chi connectivity index (χ0) is 38.9. The third-order valence-corrected chi connectivity index (χ3v) is 6.71. The van der Waals surface area contributed by atoms with Crippen LogP contribution in [0.5, 0.6) is 0 Å². The van der Waals surface area contributed by atoms with Crippen molar-refractivity contribution in [3.63, 3.8) is 0 Å². The predicted octanol–water partition coefficient (Wildman–Crippen LogP) is 7.90. The number of hydrogen-bond donors (Lipinski definition) is 2. The van der Waals surface area contributed by atoms with Gasteiger partial charge in [0.05, 0.1) is 0 Å². The molecule has 0 aromatic heterocycles. The molecule has 8 N–H and O–H groups in total. The first-order chi connectivity index (χ1) is 22.7. The summed E-state index contributed by atoms with van der Waals surface area (Å²) in [6, 6.07) is 0. The Morgan fingerprint density at radius 3 is 0.365 bits per heavy atom. The molecule has 2 nitrogen and oxygen atoms in total. The molecule has 52 heavy (non-hydrogen) atoms. The van der Waals surface area contributed by atoms with Gasteiger partial charge in [0.15, 0.2) is 69.8 Å². The highest BCUT2D eigenvalue weighted by Gasteiger charge is 2.52. The fourth-order valence-electron chi connectivity index (χ4n) is 4.87. The van der Waals surface area contributed by atoms with E-state index < -0.39 is 152 Å².